The Balaban J connectivity index is 1.88. The zero-order chi connectivity index (χ0) is 16.5. The van der Waals surface area contributed by atoms with Gasteiger partial charge >= 0.3 is 0 Å². The molecule has 5 heteroatoms. The molecule has 2 rings (SSSR count). The minimum absolute atomic E-state index is 0.460. The van der Waals surface area contributed by atoms with Crippen LogP contribution in [0.4, 0.5) is 0 Å². The highest BCUT2D eigenvalue weighted by Crippen LogP contribution is 2.12. The molecule has 5 nitrogen and oxygen atoms in total. The van der Waals surface area contributed by atoms with Gasteiger partial charge in [-0.05, 0) is 23.1 Å². The molecule has 0 fully saturated rings. The van der Waals surface area contributed by atoms with Gasteiger partial charge < -0.3 is 15.8 Å². The fourth-order valence-electron chi connectivity index (χ4n) is 1.90. The van der Waals surface area contributed by atoms with Crippen molar-refractivity contribution < 1.29 is 4.74 Å². The summed E-state index contributed by atoms with van der Waals surface area (Å²) >= 11 is 0. The Kier molecular flexibility index (Phi) is 6.41. The van der Waals surface area contributed by atoms with Crippen LogP contribution in [0.25, 0.3) is 0 Å². The maximum Gasteiger partial charge on any atom is 0.213 e. The van der Waals surface area contributed by atoms with Crippen molar-refractivity contribution in [2.24, 2.45) is 16.6 Å². The molecule has 0 atom stereocenters. The van der Waals surface area contributed by atoms with Crippen LogP contribution in [0.3, 0.4) is 0 Å². The first-order valence-corrected chi connectivity index (χ1v) is 7.79. The number of benzene rings is 1. The summed E-state index contributed by atoms with van der Waals surface area (Å²) in [5, 5.41) is 3.09. The van der Waals surface area contributed by atoms with Gasteiger partial charge in [0.15, 0.2) is 5.96 Å². The van der Waals surface area contributed by atoms with Crippen molar-refractivity contribution >= 4 is 5.96 Å². The van der Waals surface area contributed by atoms with Gasteiger partial charge in [-0.25, -0.2) is 9.98 Å². The molecule has 1 heterocycles. The van der Waals surface area contributed by atoms with Gasteiger partial charge in [-0.3, -0.25) is 0 Å². The maximum absolute atomic E-state index is 5.83. The Morgan fingerprint density at radius 1 is 1.22 bits per heavy atom. The van der Waals surface area contributed by atoms with E-state index in [2.05, 4.69) is 29.1 Å². The Morgan fingerprint density at radius 2 is 2.00 bits per heavy atom. The van der Waals surface area contributed by atoms with Gasteiger partial charge in [-0.15, -0.1) is 0 Å². The number of hydrogen-bond donors (Lipinski definition) is 2. The van der Waals surface area contributed by atoms with Crippen LogP contribution in [0.15, 0.2) is 53.7 Å². The molecule has 0 saturated heterocycles. The number of nitrogens with one attached hydrogen (secondary N) is 1. The van der Waals surface area contributed by atoms with Gasteiger partial charge in [0.25, 0.3) is 0 Å². The van der Waals surface area contributed by atoms with Gasteiger partial charge in [-0.1, -0.05) is 44.2 Å². The zero-order valence-corrected chi connectivity index (χ0v) is 13.7. The van der Waals surface area contributed by atoms with Crippen LogP contribution in [0.1, 0.15) is 25.0 Å². The van der Waals surface area contributed by atoms with E-state index < -0.39 is 0 Å². The van der Waals surface area contributed by atoms with E-state index in [0.717, 1.165) is 17.7 Å². The lowest BCUT2D eigenvalue weighted by Gasteiger charge is -2.08. The Hall–Kier alpha value is -2.56. The third kappa shape index (κ3) is 6.38. The van der Waals surface area contributed by atoms with Crippen LogP contribution in [0, 0.1) is 5.92 Å². The molecule has 0 amide bonds. The lowest BCUT2D eigenvalue weighted by atomic mass is 10.2. The summed E-state index contributed by atoms with van der Waals surface area (Å²) in [4.78, 5) is 8.55. The highest BCUT2D eigenvalue weighted by molar-refractivity contribution is 5.77. The third-order valence-electron chi connectivity index (χ3n) is 3.15. The summed E-state index contributed by atoms with van der Waals surface area (Å²) in [6.45, 7) is 6.07. The topological polar surface area (TPSA) is 72.5 Å². The van der Waals surface area contributed by atoms with Gasteiger partial charge in [0, 0.05) is 18.8 Å². The molecule has 1 aromatic carbocycles. The SMILES string of the molecule is CC(C)CNC(N)=NCc1ccnc(OCc2ccccc2)c1. The molecule has 0 unspecified atom stereocenters. The second kappa shape index (κ2) is 8.78. The standard InChI is InChI=1S/C18H24N4O/c1-14(2)11-21-18(19)22-12-16-8-9-20-17(10-16)23-13-15-6-4-3-5-7-15/h3-10,14H,11-13H2,1-2H3,(H3,19,21,22). The Morgan fingerprint density at radius 3 is 2.74 bits per heavy atom. The van der Waals surface area contributed by atoms with E-state index in [-0.39, 0.29) is 0 Å². The summed E-state index contributed by atoms with van der Waals surface area (Å²) < 4.78 is 5.71. The lowest BCUT2D eigenvalue weighted by molar-refractivity contribution is 0.293. The van der Waals surface area contributed by atoms with Gasteiger partial charge in [0.2, 0.25) is 5.88 Å². The monoisotopic (exact) mass is 312 g/mol. The van der Waals surface area contributed by atoms with Crippen LogP contribution in [0.5, 0.6) is 5.88 Å². The van der Waals surface area contributed by atoms with Crippen LogP contribution >= 0.6 is 0 Å². The van der Waals surface area contributed by atoms with Crippen molar-refractivity contribution in [3.8, 4) is 5.88 Å². The molecule has 0 aliphatic heterocycles. The molecular formula is C18H24N4O. The van der Waals surface area contributed by atoms with Crippen LogP contribution in [-0.2, 0) is 13.2 Å². The van der Waals surface area contributed by atoms with Crippen LogP contribution < -0.4 is 15.8 Å². The van der Waals surface area contributed by atoms with E-state index >= 15 is 0 Å². The molecule has 2 aromatic rings. The average Bonchev–Trinajstić information content (AvgIpc) is 2.57. The predicted octanol–water partition coefficient (Wildman–Crippen LogP) is 2.72. The zero-order valence-electron chi connectivity index (χ0n) is 13.7. The molecule has 122 valence electrons. The number of aromatic nitrogens is 1. The number of guanidine groups is 1. The molecule has 0 aliphatic carbocycles. The smallest absolute Gasteiger partial charge is 0.213 e. The summed E-state index contributed by atoms with van der Waals surface area (Å²) in [6, 6.07) is 13.8. The first kappa shape index (κ1) is 16.8. The van der Waals surface area contributed by atoms with Crippen molar-refractivity contribution in [3.63, 3.8) is 0 Å². The lowest BCUT2D eigenvalue weighted by Crippen LogP contribution is -2.34. The third-order valence-corrected chi connectivity index (χ3v) is 3.15. The normalized spacial score (nSPS) is 11.5. The number of aliphatic imine (C=N–C) groups is 1. The maximum atomic E-state index is 5.83. The number of nitrogens with two attached hydrogens (primary N) is 1. The van der Waals surface area contributed by atoms with E-state index in [0.29, 0.717) is 30.9 Å². The fourth-order valence-corrected chi connectivity index (χ4v) is 1.90. The van der Waals surface area contributed by atoms with Gasteiger partial charge in [-0.2, -0.15) is 0 Å². The number of hydrogen-bond acceptors (Lipinski definition) is 3. The predicted molar refractivity (Wildman–Crippen MR) is 93.2 cm³/mol. The summed E-state index contributed by atoms with van der Waals surface area (Å²) in [5.74, 6) is 1.58. The number of ether oxygens (including phenoxy) is 1. The van der Waals surface area contributed by atoms with Crippen molar-refractivity contribution in [3.05, 3.63) is 59.8 Å². The minimum Gasteiger partial charge on any atom is -0.473 e. The van der Waals surface area contributed by atoms with E-state index in [1.54, 1.807) is 6.20 Å². The molecule has 0 bridgehead atoms. The average molecular weight is 312 g/mol. The molecule has 3 N–H and O–H groups in total. The first-order valence-electron chi connectivity index (χ1n) is 7.79. The number of nitrogens with zero attached hydrogens (tertiary/aromatic N) is 2. The molecule has 1 aromatic heterocycles. The summed E-state index contributed by atoms with van der Waals surface area (Å²) in [5.41, 5.74) is 7.96. The Labute approximate surface area is 137 Å². The van der Waals surface area contributed by atoms with Gasteiger partial charge in [0.1, 0.15) is 6.61 Å². The van der Waals surface area contributed by atoms with Crippen LogP contribution in [0.2, 0.25) is 0 Å². The fraction of sp³-hybridized carbons (Fsp3) is 0.333. The quantitative estimate of drug-likeness (QED) is 0.609. The molecule has 0 aliphatic rings. The van der Waals surface area contributed by atoms with Crippen LogP contribution in [-0.4, -0.2) is 17.5 Å². The highest BCUT2D eigenvalue weighted by Gasteiger charge is 2.00. The largest absolute Gasteiger partial charge is 0.473 e. The van der Waals surface area contributed by atoms with Crippen molar-refractivity contribution in [1.29, 1.82) is 0 Å². The minimum atomic E-state index is 0.460. The van der Waals surface area contributed by atoms with E-state index in [1.165, 1.54) is 0 Å². The molecular weight excluding hydrogens is 288 g/mol. The van der Waals surface area contributed by atoms with Crippen molar-refractivity contribution in [2.75, 3.05) is 6.54 Å². The van der Waals surface area contributed by atoms with Gasteiger partial charge in [0.05, 0.1) is 6.54 Å². The van der Waals surface area contributed by atoms with Crippen molar-refractivity contribution in [1.82, 2.24) is 10.3 Å². The first-order chi connectivity index (χ1) is 11.1. The molecule has 0 saturated carbocycles. The van der Waals surface area contributed by atoms with Crippen molar-refractivity contribution in [2.45, 2.75) is 27.0 Å². The number of rotatable bonds is 7. The highest BCUT2D eigenvalue weighted by atomic mass is 16.5. The Bertz CT molecular complexity index is 626. The van der Waals surface area contributed by atoms with E-state index in [9.17, 15) is 0 Å². The second-order valence-corrected chi connectivity index (χ2v) is 5.75. The molecule has 0 radical (unpaired) electrons. The summed E-state index contributed by atoms with van der Waals surface area (Å²) in [7, 11) is 0. The number of pyridine rings is 1. The second-order valence-electron chi connectivity index (χ2n) is 5.75. The van der Waals surface area contributed by atoms with E-state index in [4.69, 9.17) is 10.5 Å². The molecule has 23 heavy (non-hydrogen) atoms. The molecule has 0 spiro atoms. The summed E-state index contributed by atoms with van der Waals surface area (Å²) in [6.07, 6.45) is 1.73. The van der Waals surface area contributed by atoms with E-state index in [1.807, 2.05) is 42.5 Å².